The Hall–Kier alpha value is -2.87. The number of nitrogens with two attached hydrogens (primary N) is 1. The van der Waals surface area contributed by atoms with Crippen LogP contribution in [0.1, 0.15) is 29.5 Å². The average Bonchev–Trinajstić information content (AvgIpc) is 2.63. The summed E-state index contributed by atoms with van der Waals surface area (Å²) in [6.07, 6.45) is 2.99. The molecule has 0 fully saturated rings. The Bertz CT molecular complexity index is 1050. The number of nitrogen functional groups attached to an aromatic ring is 1. The molecule has 0 saturated heterocycles. The van der Waals surface area contributed by atoms with E-state index in [1.165, 1.54) is 22.1 Å². The largest absolute Gasteiger partial charge is 0.397 e. The van der Waals surface area contributed by atoms with Gasteiger partial charge in [-0.15, -0.1) is 0 Å². The van der Waals surface area contributed by atoms with Gasteiger partial charge in [-0.2, -0.15) is 0 Å². The van der Waals surface area contributed by atoms with Gasteiger partial charge in [0, 0.05) is 11.6 Å². The van der Waals surface area contributed by atoms with Gasteiger partial charge in [0.1, 0.15) is 0 Å². The second kappa shape index (κ2) is 6.21. The molecule has 4 rings (SSSR count). The molecule has 0 spiro atoms. The molecule has 0 bridgehead atoms. The lowest BCUT2D eigenvalue weighted by Crippen LogP contribution is -2.00. The minimum absolute atomic E-state index is 0.403. The zero-order chi connectivity index (χ0) is 17.4. The SMILES string of the molecule is Cc1ccc(CC(C)c2cnc3c(N)cc4ccccc4c3c2)cc1. The van der Waals surface area contributed by atoms with Crippen molar-refractivity contribution in [2.24, 2.45) is 0 Å². The van der Waals surface area contributed by atoms with Crippen LogP contribution >= 0.6 is 0 Å². The van der Waals surface area contributed by atoms with E-state index in [2.05, 4.69) is 67.4 Å². The van der Waals surface area contributed by atoms with Crippen molar-refractivity contribution in [3.63, 3.8) is 0 Å². The van der Waals surface area contributed by atoms with Gasteiger partial charge in [0.25, 0.3) is 0 Å². The van der Waals surface area contributed by atoms with Crippen LogP contribution in [0.25, 0.3) is 21.7 Å². The van der Waals surface area contributed by atoms with Gasteiger partial charge in [-0.05, 0) is 53.3 Å². The molecular weight excluding hydrogens is 304 g/mol. The minimum atomic E-state index is 0.403. The van der Waals surface area contributed by atoms with Crippen LogP contribution in [0.3, 0.4) is 0 Å². The molecular formula is C23H22N2. The van der Waals surface area contributed by atoms with Crippen molar-refractivity contribution in [3.8, 4) is 0 Å². The molecule has 0 aliphatic heterocycles. The molecule has 1 unspecified atom stereocenters. The van der Waals surface area contributed by atoms with E-state index in [-0.39, 0.29) is 0 Å². The van der Waals surface area contributed by atoms with E-state index in [0.717, 1.165) is 28.4 Å². The van der Waals surface area contributed by atoms with E-state index in [1.807, 2.05) is 18.3 Å². The summed E-state index contributed by atoms with van der Waals surface area (Å²) in [5, 5.41) is 3.52. The Morgan fingerprint density at radius 2 is 1.72 bits per heavy atom. The molecule has 25 heavy (non-hydrogen) atoms. The quantitative estimate of drug-likeness (QED) is 0.392. The maximum absolute atomic E-state index is 6.22. The highest BCUT2D eigenvalue weighted by atomic mass is 14.7. The van der Waals surface area contributed by atoms with Gasteiger partial charge in [0.05, 0.1) is 11.2 Å². The Morgan fingerprint density at radius 1 is 0.960 bits per heavy atom. The van der Waals surface area contributed by atoms with Crippen LogP contribution < -0.4 is 5.73 Å². The van der Waals surface area contributed by atoms with Crippen LogP contribution in [0.4, 0.5) is 5.69 Å². The first kappa shape index (κ1) is 15.6. The zero-order valence-electron chi connectivity index (χ0n) is 14.7. The molecule has 0 aliphatic rings. The number of pyridine rings is 1. The number of fused-ring (bicyclic) bond motifs is 3. The number of rotatable bonds is 3. The van der Waals surface area contributed by atoms with E-state index in [0.29, 0.717) is 5.92 Å². The highest BCUT2D eigenvalue weighted by molar-refractivity contribution is 6.11. The smallest absolute Gasteiger partial charge is 0.0937 e. The van der Waals surface area contributed by atoms with Crippen molar-refractivity contribution < 1.29 is 0 Å². The van der Waals surface area contributed by atoms with Gasteiger partial charge < -0.3 is 5.73 Å². The van der Waals surface area contributed by atoms with E-state index in [1.54, 1.807) is 0 Å². The lowest BCUT2D eigenvalue weighted by Gasteiger charge is -2.14. The molecule has 3 aromatic carbocycles. The number of benzene rings is 3. The fourth-order valence-corrected chi connectivity index (χ4v) is 3.49. The Labute approximate surface area is 148 Å². The fraction of sp³-hybridized carbons (Fsp3) is 0.174. The normalized spacial score (nSPS) is 12.6. The second-order valence-electron chi connectivity index (χ2n) is 6.94. The molecule has 2 heteroatoms. The van der Waals surface area contributed by atoms with Crippen molar-refractivity contribution in [2.45, 2.75) is 26.2 Å². The maximum Gasteiger partial charge on any atom is 0.0937 e. The molecule has 1 atom stereocenters. The monoisotopic (exact) mass is 326 g/mol. The molecule has 2 nitrogen and oxygen atoms in total. The Kier molecular flexibility index (Phi) is 3.89. The summed E-state index contributed by atoms with van der Waals surface area (Å²) in [5.41, 5.74) is 11.8. The highest BCUT2D eigenvalue weighted by Crippen LogP contribution is 2.31. The first-order valence-electron chi connectivity index (χ1n) is 8.74. The third kappa shape index (κ3) is 2.96. The summed E-state index contributed by atoms with van der Waals surface area (Å²) in [7, 11) is 0. The predicted octanol–water partition coefficient (Wildman–Crippen LogP) is 5.62. The zero-order valence-corrected chi connectivity index (χ0v) is 14.7. The third-order valence-corrected chi connectivity index (χ3v) is 4.98. The van der Waals surface area contributed by atoms with Gasteiger partial charge in [-0.25, -0.2) is 0 Å². The lowest BCUT2D eigenvalue weighted by atomic mass is 9.92. The van der Waals surface area contributed by atoms with Crippen LogP contribution in [-0.4, -0.2) is 4.98 Å². The third-order valence-electron chi connectivity index (χ3n) is 4.98. The van der Waals surface area contributed by atoms with Crippen molar-refractivity contribution in [3.05, 3.63) is 83.6 Å². The number of aryl methyl sites for hydroxylation is 1. The Morgan fingerprint density at radius 3 is 2.52 bits per heavy atom. The number of hydrogen-bond acceptors (Lipinski definition) is 2. The van der Waals surface area contributed by atoms with Crippen LogP contribution in [-0.2, 0) is 6.42 Å². The molecule has 1 aromatic heterocycles. The standard InChI is InChI=1S/C23H22N2/c1-15-7-9-17(10-8-15)11-16(2)19-12-21-20-6-4-3-5-18(20)13-22(24)23(21)25-14-19/h3-10,12-14,16H,11,24H2,1-2H3. The van der Waals surface area contributed by atoms with Gasteiger partial charge >= 0.3 is 0 Å². The summed E-state index contributed by atoms with van der Waals surface area (Å²) in [4.78, 5) is 4.68. The summed E-state index contributed by atoms with van der Waals surface area (Å²) in [5.74, 6) is 0.403. The van der Waals surface area contributed by atoms with E-state index in [4.69, 9.17) is 5.73 Å². The number of anilines is 1. The molecule has 2 N–H and O–H groups in total. The first-order valence-corrected chi connectivity index (χ1v) is 8.74. The summed E-state index contributed by atoms with van der Waals surface area (Å²) in [6, 6.07) is 21.4. The van der Waals surface area contributed by atoms with E-state index >= 15 is 0 Å². The molecule has 124 valence electrons. The first-order chi connectivity index (χ1) is 12.1. The molecule has 0 aliphatic carbocycles. The van der Waals surface area contributed by atoms with Crippen LogP contribution in [0.5, 0.6) is 0 Å². The molecule has 0 saturated carbocycles. The van der Waals surface area contributed by atoms with Crippen LogP contribution in [0.15, 0.2) is 66.9 Å². The van der Waals surface area contributed by atoms with Gasteiger partial charge in [0.2, 0.25) is 0 Å². The van der Waals surface area contributed by atoms with Gasteiger partial charge in [0.15, 0.2) is 0 Å². The number of nitrogens with zero attached hydrogens (tertiary/aromatic N) is 1. The summed E-state index contributed by atoms with van der Waals surface area (Å²) in [6.45, 7) is 4.38. The highest BCUT2D eigenvalue weighted by Gasteiger charge is 2.11. The van der Waals surface area contributed by atoms with Crippen molar-refractivity contribution in [2.75, 3.05) is 5.73 Å². The lowest BCUT2D eigenvalue weighted by molar-refractivity contribution is 0.756. The number of aromatic nitrogens is 1. The summed E-state index contributed by atoms with van der Waals surface area (Å²) < 4.78 is 0. The number of hydrogen-bond donors (Lipinski definition) is 1. The fourth-order valence-electron chi connectivity index (χ4n) is 3.49. The van der Waals surface area contributed by atoms with Crippen LogP contribution in [0.2, 0.25) is 0 Å². The van der Waals surface area contributed by atoms with E-state index < -0.39 is 0 Å². The molecule has 1 heterocycles. The predicted molar refractivity (Wildman–Crippen MR) is 107 cm³/mol. The second-order valence-corrected chi connectivity index (χ2v) is 6.94. The average molecular weight is 326 g/mol. The van der Waals surface area contributed by atoms with Crippen molar-refractivity contribution in [1.29, 1.82) is 0 Å². The van der Waals surface area contributed by atoms with Gasteiger partial charge in [-0.1, -0.05) is 61.0 Å². The maximum atomic E-state index is 6.22. The molecule has 0 radical (unpaired) electrons. The topological polar surface area (TPSA) is 38.9 Å². The van der Waals surface area contributed by atoms with Gasteiger partial charge in [-0.3, -0.25) is 4.98 Å². The van der Waals surface area contributed by atoms with E-state index in [9.17, 15) is 0 Å². The molecule has 4 aromatic rings. The minimum Gasteiger partial charge on any atom is -0.397 e. The Balaban J connectivity index is 1.77. The van der Waals surface area contributed by atoms with Crippen LogP contribution in [0, 0.1) is 6.92 Å². The molecule has 0 amide bonds. The van der Waals surface area contributed by atoms with Crippen molar-refractivity contribution in [1.82, 2.24) is 4.98 Å². The summed E-state index contributed by atoms with van der Waals surface area (Å²) >= 11 is 0. The van der Waals surface area contributed by atoms with Crippen molar-refractivity contribution >= 4 is 27.4 Å².